The molecule has 13 heavy (non-hydrogen) atoms. The molecule has 1 N–H and O–H groups in total. The summed E-state index contributed by atoms with van der Waals surface area (Å²) in [4.78, 5) is 23.1. The maximum absolute atomic E-state index is 11.3. The highest BCUT2D eigenvalue weighted by molar-refractivity contribution is 7.99. The molecule has 0 bridgehead atoms. The Balaban J connectivity index is 2.57. The van der Waals surface area contributed by atoms with Gasteiger partial charge in [0.15, 0.2) is 0 Å². The number of aliphatic carboxylic acids is 1. The summed E-state index contributed by atoms with van der Waals surface area (Å²) in [5.74, 6) is -0.347. The van der Waals surface area contributed by atoms with Crippen LogP contribution in [-0.4, -0.2) is 41.1 Å². The zero-order valence-corrected chi connectivity index (χ0v) is 8.10. The summed E-state index contributed by atoms with van der Waals surface area (Å²) in [6.45, 7) is 2.29. The van der Waals surface area contributed by atoms with Gasteiger partial charge in [0.25, 0.3) is 0 Å². The van der Waals surface area contributed by atoms with Crippen LogP contribution < -0.4 is 10.4 Å². The fourth-order valence-corrected chi connectivity index (χ4v) is 2.23. The van der Waals surface area contributed by atoms with E-state index in [0.717, 1.165) is 0 Å². The summed E-state index contributed by atoms with van der Waals surface area (Å²) >= 11 is 1.42. The van der Waals surface area contributed by atoms with Crippen molar-refractivity contribution in [1.82, 2.24) is 10.2 Å². The molecule has 1 saturated heterocycles. The standard InChI is InChI=1S/C7H12N2O3S/c1-2-8-7(12)9-4-13-3-5(9)6(10)11/h5H,2-4H2,1H3,(H,8,12)(H,10,11)/p-1/t5-/m1/s1. The van der Waals surface area contributed by atoms with Crippen molar-refractivity contribution in [2.24, 2.45) is 0 Å². The Morgan fingerprint density at radius 1 is 1.69 bits per heavy atom. The minimum Gasteiger partial charge on any atom is -0.548 e. The van der Waals surface area contributed by atoms with Gasteiger partial charge < -0.3 is 20.1 Å². The van der Waals surface area contributed by atoms with Gasteiger partial charge in [-0.05, 0) is 6.92 Å². The van der Waals surface area contributed by atoms with E-state index in [2.05, 4.69) is 5.32 Å². The number of carbonyl (C=O) groups excluding carboxylic acids is 2. The quantitative estimate of drug-likeness (QED) is 0.614. The van der Waals surface area contributed by atoms with Gasteiger partial charge in [0.1, 0.15) is 0 Å². The number of carboxylic acids is 1. The molecule has 0 radical (unpaired) electrons. The fraction of sp³-hybridized carbons (Fsp3) is 0.714. The molecule has 1 atom stereocenters. The van der Waals surface area contributed by atoms with Gasteiger partial charge in [0.05, 0.1) is 17.9 Å². The Hall–Kier alpha value is -0.910. The lowest BCUT2D eigenvalue weighted by Gasteiger charge is -2.24. The molecule has 1 aliphatic heterocycles. The third-order valence-corrected chi connectivity index (χ3v) is 2.76. The number of nitrogens with one attached hydrogen (secondary N) is 1. The van der Waals surface area contributed by atoms with Crippen LogP contribution in [0.2, 0.25) is 0 Å². The Morgan fingerprint density at radius 2 is 2.38 bits per heavy atom. The average Bonchev–Trinajstić information content (AvgIpc) is 2.52. The number of urea groups is 1. The molecule has 0 saturated carbocycles. The second kappa shape index (κ2) is 4.36. The molecule has 0 aromatic rings. The van der Waals surface area contributed by atoms with Gasteiger partial charge in [-0.1, -0.05) is 0 Å². The maximum Gasteiger partial charge on any atom is 0.318 e. The third-order valence-electron chi connectivity index (χ3n) is 1.74. The van der Waals surface area contributed by atoms with Crippen LogP contribution in [0.15, 0.2) is 0 Å². The van der Waals surface area contributed by atoms with Gasteiger partial charge in [-0.25, -0.2) is 4.79 Å². The SMILES string of the molecule is CCNC(=O)N1CSC[C@@H]1C(=O)[O-]. The molecule has 0 aromatic heterocycles. The second-order valence-corrected chi connectivity index (χ2v) is 3.64. The van der Waals surface area contributed by atoms with Crippen molar-refractivity contribution in [2.75, 3.05) is 18.2 Å². The van der Waals surface area contributed by atoms with Gasteiger partial charge in [0.2, 0.25) is 0 Å². The second-order valence-electron chi connectivity index (χ2n) is 2.64. The lowest BCUT2D eigenvalue weighted by atomic mass is 10.3. The van der Waals surface area contributed by atoms with Crippen LogP contribution in [-0.2, 0) is 4.79 Å². The van der Waals surface area contributed by atoms with Crippen LogP contribution in [0.3, 0.4) is 0 Å². The highest BCUT2D eigenvalue weighted by Gasteiger charge is 2.29. The Kier molecular flexibility index (Phi) is 3.41. The fourth-order valence-electron chi connectivity index (χ4n) is 1.09. The van der Waals surface area contributed by atoms with Crippen molar-refractivity contribution < 1.29 is 14.7 Å². The minimum absolute atomic E-state index is 0.332. The van der Waals surface area contributed by atoms with E-state index < -0.39 is 12.0 Å². The Morgan fingerprint density at radius 3 is 2.92 bits per heavy atom. The van der Waals surface area contributed by atoms with Crippen LogP contribution in [0.4, 0.5) is 4.79 Å². The molecule has 1 aliphatic rings. The molecule has 2 amide bonds. The summed E-state index contributed by atoms with van der Waals surface area (Å²) < 4.78 is 0. The molecule has 1 rings (SSSR count). The third kappa shape index (κ3) is 2.27. The van der Waals surface area contributed by atoms with Crippen molar-refractivity contribution in [1.29, 1.82) is 0 Å². The van der Waals surface area contributed by atoms with Crippen molar-refractivity contribution in [2.45, 2.75) is 13.0 Å². The predicted octanol–water partition coefficient (Wildman–Crippen LogP) is -1.16. The average molecular weight is 203 g/mol. The molecule has 0 spiro atoms. The van der Waals surface area contributed by atoms with Gasteiger partial charge in [-0.3, -0.25) is 0 Å². The van der Waals surface area contributed by atoms with E-state index in [1.807, 2.05) is 0 Å². The summed E-state index contributed by atoms with van der Waals surface area (Å²) in [6.07, 6.45) is 0. The number of hydrogen-bond donors (Lipinski definition) is 1. The highest BCUT2D eigenvalue weighted by Crippen LogP contribution is 2.20. The number of thioether (sulfide) groups is 1. The molecule has 0 unspecified atom stereocenters. The van der Waals surface area contributed by atoms with Crippen LogP contribution >= 0.6 is 11.8 Å². The topological polar surface area (TPSA) is 72.5 Å². The first kappa shape index (κ1) is 10.2. The number of carbonyl (C=O) groups is 2. The van der Waals surface area contributed by atoms with Crippen LogP contribution in [0.5, 0.6) is 0 Å². The van der Waals surface area contributed by atoms with Crippen molar-refractivity contribution in [3.05, 3.63) is 0 Å². The molecule has 1 heterocycles. The number of nitrogens with zero attached hydrogens (tertiary/aromatic N) is 1. The van der Waals surface area contributed by atoms with Gasteiger partial charge in [-0.2, -0.15) is 0 Å². The summed E-state index contributed by atoms with van der Waals surface area (Å²) in [7, 11) is 0. The predicted molar refractivity (Wildman–Crippen MR) is 47.0 cm³/mol. The normalized spacial score (nSPS) is 21.6. The molecule has 5 nitrogen and oxygen atoms in total. The molecular weight excluding hydrogens is 192 g/mol. The smallest absolute Gasteiger partial charge is 0.318 e. The van der Waals surface area contributed by atoms with E-state index in [9.17, 15) is 14.7 Å². The van der Waals surface area contributed by atoms with E-state index >= 15 is 0 Å². The van der Waals surface area contributed by atoms with Gasteiger partial charge in [-0.15, -0.1) is 11.8 Å². The van der Waals surface area contributed by atoms with Crippen molar-refractivity contribution in [3.8, 4) is 0 Å². The van der Waals surface area contributed by atoms with Crippen molar-refractivity contribution >= 4 is 23.8 Å². The number of amides is 2. The first-order valence-electron chi connectivity index (χ1n) is 4.00. The van der Waals surface area contributed by atoms with E-state index in [1.165, 1.54) is 16.7 Å². The number of rotatable bonds is 2. The lowest BCUT2D eigenvalue weighted by molar-refractivity contribution is -0.309. The van der Waals surface area contributed by atoms with Crippen LogP contribution in [0.25, 0.3) is 0 Å². The Bertz CT molecular complexity index is 222. The van der Waals surface area contributed by atoms with Crippen LogP contribution in [0.1, 0.15) is 6.92 Å². The van der Waals surface area contributed by atoms with E-state index in [1.54, 1.807) is 6.92 Å². The summed E-state index contributed by atoms with van der Waals surface area (Å²) in [5, 5.41) is 13.1. The zero-order valence-electron chi connectivity index (χ0n) is 7.28. The number of hydrogen-bond acceptors (Lipinski definition) is 4. The highest BCUT2D eigenvalue weighted by atomic mass is 32.2. The molecule has 74 valence electrons. The summed E-state index contributed by atoms with van der Waals surface area (Å²) in [6, 6.07) is -1.11. The Labute approximate surface area is 80.5 Å². The molecular formula is C7H11N2O3S-. The molecule has 6 heteroatoms. The van der Waals surface area contributed by atoms with E-state index in [4.69, 9.17) is 0 Å². The van der Waals surface area contributed by atoms with Gasteiger partial charge in [0, 0.05) is 12.3 Å². The van der Waals surface area contributed by atoms with Gasteiger partial charge >= 0.3 is 6.03 Å². The monoisotopic (exact) mass is 203 g/mol. The van der Waals surface area contributed by atoms with Crippen LogP contribution in [0, 0.1) is 0 Å². The minimum atomic E-state index is -1.18. The lowest BCUT2D eigenvalue weighted by Crippen LogP contribution is -2.51. The van der Waals surface area contributed by atoms with E-state index in [0.29, 0.717) is 18.2 Å². The first-order valence-corrected chi connectivity index (χ1v) is 5.15. The molecule has 1 fully saturated rings. The maximum atomic E-state index is 11.3. The zero-order chi connectivity index (χ0) is 9.84. The molecule has 0 aromatic carbocycles. The van der Waals surface area contributed by atoms with E-state index in [-0.39, 0.29) is 6.03 Å². The van der Waals surface area contributed by atoms with Crippen molar-refractivity contribution in [3.63, 3.8) is 0 Å². The molecule has 0 aliphatic carbocycles. The first-order chi connectivity index (χ1) is 6.16. The summed E-state index contributed by atoms with van der Waals surface area (Å²) in [5.41, 5.74) is 0. The number of carboxylic acid groups (broad SMARTS) is 1. The largest absolute Gasteiger partial charge is 0.548 e.